The van der Waals surface area contributed by atoms with E-state index in [1.54, 1.807) is 6.92 Å². The summed E-state index contributed by atoms with van der Waals surface area (Å²) in [5, 5.41) is 13.8. The van der Waals surface area contributed by atoms with Gasteiger partial charge in [-0.2, -0.15) is 0 Å². The molecule has 5 N–H and O–H groups in total. The largest absolute Gasteiger partial charge is 0.491 e. The molecular formula is C31H32F2N4O7S. The van der Waals surface area contributed by atoms with Gasteiger partial charge in [-0.3, -0.25) is 14.9 Å². The number of sulfone groups is 1. The highest BCUT2D eigenvalue weighted by Crippen LogP contribution is 2.43. The fourth-order valence-electron chi connectivity index (χ4n) is 5.54. The first-order chi connectivity index (χ1) is 21.4. The maximum Gasteiger partial charge on any atom is 0.409 e. The Morgan fingerprint density at radius 2 is 1.78 bits per heavy atom. The van der Waals surface area contributed by atoms with E-state index < -0.39 is 56.7 Å². The summed E-state index contributed by atoms with van der Waals surface area (Å²) < 4.78 is 61.9. The molecular weight excluding hydrogens is 610 g/mol. The van der Waals surface area contributed by atoms with E-state index in [1.807, 2.05) is 0 Å². The van der Waals surface area contributed by atoms with Crippen molar-refractivity contribution in [3.8, 4) is 5.75 Å². The highest BCUT2D eigenvalue weighted by atomic mass is 32.2. The molecule has 1 heterocycles. The highest BCUT2D eigenvalue weighted by molar-refractivity contribution is 7.92. The number of benzene rings is 3. The second-order valence-corrected chi connectivity index (χ2v) is 13.1. The zero-order chi connectivity index (χ0) is 32.5. The molecule has 2 fully saturated rings. The minimum Gasteiger partial charge on any atom is -0.491 e. The van der Waals surface area contributed by atoms with Gasteiger partial charge in [-0.1, -0.05) is 6.07 Å². The van der Waals surface area contributed by atoms with E-state index in [9.17, 15) is 32.3 Å². The zero-order valence-corrected chi connectivity index (χ0v) is 25.1. The molecule has 1 aliphatic carbocycles. The summed E-state index contributed by atoms with van der Waals surface area (Å²) >= 11 is 0. The molecule has 0 radical (unpaired) electrons. The zero-order valence-electron chi connectivity index (χ0n) is 24.3. The van der Waals surface area contributed by atoms with E-state index in [0.29, 0.717) is 25.7 Å². The van der Waals surface area contributed by atoms with Gasteiger partial charge in [-0.05, 0) is 92.3 Å². The van der Waals surface area contributed by atoms with Gasteiger partial charge in [0.05, 0.1) is 28.5 Å². The number of likely N-dealkylation sites (tertiary alicyclic amines) is 1. The van der Waals surface area contributed by atoms with Gasteiger partial charge in [0.2, 0.25) is 11.8 Å². The van der Waals surface area contributed by atoms with Crippen molar-refractivity contribution in [1.82, 2.24) is 4.90 Å². The molecule has 0 unspecified atom stereocenters. The van der Waals surface area contributed by atoms with Gasteiger partial charge in [-0.15, -0.1) is 0 Å². The van der Waals surface area contributed by atoms with E-state index >= 15 is 4.39 Å². The van der Waals surface area contributed by atoms with Crippen molar-refractivity contribution in [2.45, 2.75) is 54.8 Å². The van der Waals surface area contributed by atoms with Gasteiger partial charge >= 0.3 is 6.09 Å². The number of amides is 3. The van der Waals surface area contributed by atoms with Crippen molar-refractivity contribution in [1.29, 1.82) is 0 Å². The van der Waals surface area contributed by atoms with Crippen LogP contribution >= 0.6 is 0 Å². The normalized spacial score (nSPS) is 17.0. The maximum atomic E-state index is 15.0. The summed E-state index contributed by atoms with van der Waals surface area (Å²) in [7, 11) is -3.76. The Morgan fingerprint density at radius 3 is 2.44 bits per heavy atom. The summed E-state index contributed by atoms with van der Waals surface area (Å²) in [5.74, 6) is -3.01. The standard InChI is InChI=1S/C31H32F2N4O7S/c1-2-44-26-15-17(5-11-23(26)33)28(36-24-14-18(29(34)38)6-10-22(24)32)30(39)37-13-3-4-25(37)21-16-19(35-31(40)41)7-12-27(21)45(42,43)20-8-9-20/h5-7,10-12,14-16,20,25,28,35-36H,2-4,8-9,13H2,1H3,(H2,34,38)(H,40,41)/t25-,28+/m1/s1. The fourth-order valence-corrected chi connectivity index (χ4v) is 7.44. The molecule has 2 atom stereocenters. The lowest BCUT2D eigenvalue weighted by atomic mass is 10.0. The van der Waals surface area contributed by atoms with Crippen LogP contribution in [0.5, 0.6) is 5.75 Å². The summed E-state index contributed by atoms with van der Waals surface area (Å²) in [6, 6.07) is 9.16. The second-order valence-electron chi connectivity index (χ2n) is 10.9. The van der Waals surface area contributed by atoms with Crippen LogP contribution in [0.4, 0.5) is 25.0 Å². The van der Waals surface area contributed by atoms with Gasteiger partial charge in [0.25, 0.3) is 0 Å². The van der Waals surface area contributed by atoms with E-state index in [4.69, 9.17) is 10.5 Å². The predicted molar refractivity (Wildman–Crippen MR) is 161 cm³/mol. The average molecular weight is 643 g/mol. The Labute approximate surface area is 258 Å². The van der Waals surface area contributed by atoms with Crippen molar-refractivity contribution in [3.05, 3.63) is 82.9 Å². The average Bonchev–Trinajstić information content (AvgIpc) is 3.75. The number of nitrogens with one attached hydrogen (secondary N) is 2. The summed E-state index contributed by atoms with van der Waals surface area (Å²) in [6.07, 6.45) is 0.505. The van der Waals surface area contributed by atoms with Gasteiger partial charge in [0.15, 0.2) is 21.4 Å². The molecule has 45 heavy (non-hydrogen) atoms. The van der Waals surface area contributed by atoms with Crippen molar-refractivity contribution in [3.63, 3.8) is 0 Å². The van der Waals surface area contributed by atoms with Crippen LogP contribution in [-0.2, 0) is 14.6 Å². The molecule has 3 amide bonds. The lowest BCUT2D eigenvalue weighted by molar-refractivity contribution is -0.133. The molecule has 3 aromatic rings. The van der Waals surface area contributed by atoms with Gasteiger partial charge in [-0.25, -0.2) is 22.0 Å². The minimum absolute atomic E-state index is 0.00997. The number of carbonyl (C=O) groups is 3. The number of nitrogens with two attached hydrogens (primary N) is 1. The lowest BCUT2D eigenvalue weighted by Crippen LogP contribution is -2.38. The van der Waals surface area contributed by atoms with Gasteiger partial charge in [0.1, 0.15) is 11.9 Å². The first kappa shape index (κ1) is 31.7. The van der Waals surface area contributed by atoms with E-state index in [1.165, 1.54) is 41.3 Å². The van der Waals surface area contributed by atoms with Crippen molar-refractivity contribution in [2.75, 3.05) is 23.8 Å². The van der Waals surface area contributed by atoms with E-state index in [0.717, 1.165) is 18.2 Å². The van der Waals surface area contributed by atoms with Crippen LogP contribution in [0.3, 0.4) is 0 Å². The number of hydrogen-bond acceptors (Lipinski definition) is 7. The minimum atomic E-state index is -3.76. The second kappa shape index (κ2) is 12.7. The number of primary amides is 1. The number of hydrogen-bond donors (Lipinski definition) is 4. The van der Waals surface area contributed by atoms with E-state index in [2.05, 4.69) is 10.6 Å². The summed E-state index contributed by atoms with van der Waals surface area (Å²) in [6.45, 7) is 1.99. The monoisotopic (exact) mass is 642 g/mol. The molecule has 1 saturated heterocycles. The number of halogens is 2. The summed E-state index contributed by atoms with van der Waals surface area (Å²) in [4.78, 5) is 39.1. The number of rotatable bonds is 11. The number of ether oxygens (including phenoxy) is 1. The van der Waals surface area contributed by atoms with Gasteiger partial charge < -0.3 is 25.8 Å². The first-order valence-electron chi connectivity index (χ1n) is 14.4. The lowest BCUT2D eigenvalue weighted by Gasteiger charge is -2.31. The number of carboxylic acid groups (broad SMARTS) is 1. The van der Waals surface area contributed by atoms with Gasteiger partial charge in [0, 0.05) is 17.8 Å². The highest BCUT2D eigenvalue weighted by Gasteiger charge is 2.42. The number of anilines is 2. The molecule has 238 valence electrons. The molecule has 11 nitrogen and oxygen atoms in total. The van der Waals surface area contributed by atoms with Crippen molar-refractivity contribution in [2.24, 2.45) is 5.73 Å². The van der Waals surface area contributed by atoms with Crippen LogP contribution in [0.15, 0.2) is 59.5 Å². The van der Waals surface area contributed by atoms with Crippen molar-refractivity contribution < 1.29 is 41.4 Å². The number of nitrogens with zero attached hydrogens (tertiary/aromatic N) is 1. The van der Waals surface area contributed by atoms with E-state index in [-0.39, 0.29) is 51.9 Å². The molecule has 1 saturated carbocycles. The third-order valence-electron chi connectivity index (χ3n) is 7.81. The van der Waals surface area contributed by atoms with Crippen LogP contribution < -0.4 is 21.1 Å². The topological polar surface area (TPSA) is 168 Å². The molecule has 2 aliphatic rings. The summed E-state index contributed by atoms with van der Waals surface area (Å²) in [5.41, 5.74) is 5.76. The maximum absolute atomic E-state index is 15.0. The van der Waals surface area contributed by atoms with Crippen molar-refractivity contribution >= 4 is 39.1 Å². The fraction of sp³-hybridized carbons (Fsp3) is 0.323. The number of carbonyl (C=O) groups excluding carboxylic acids is 2. The third-order valence-corrected chi connectivity index (χ3v) is 10.1. The Kier molecular flexibility index (Phi) is 8.96. The third kappa shape index (κ3) is 6.70. The Balaban J connectivity index is 1.60. The van der Waals surface area contributed by atoms with Crippen LogP contribution in [0.2, 0.25) is 0 Å². The van der Waals surface area contributed by atoms with Crippen LogP contribution in [0, 0.1) is 11.6 Å². The smallest absolute Gasteiger partial charge is 0.409 e. The van der Waals surface area contributed by atoms with Crippen LogP contribution in [0.25, 0.3) is 0 Å². The SMILES string of the molecule is CCOc1cc([C@H](Nc2cc(C(N)=O)ccc2F)C(=O)N2CCC[C@@H]2c2cc(NC(=O)O)ccc2S(=O)(=O)C2CC2)ccc1F. The molecule has 0 spiro atoms. The van der Waals surface area contributed by atoms with Crippen LogP contribution in [-0.4, -0.2) is 54.7 Å². The molecule has 3 aromatic carbocycles. The van der Waals surface area contributed by atoms with Crippen LogP contribution in [0.1, 0.15) is 66.2 Å². The molecule has 1 aliphatic heterocycles. The Morgan fingerprint density at radius 1 is 1.04 bits per heavy atom. The molecule has 0 aromatic heterocycles. The predicted octanol–water partition coefficient (Wildman–Crippen LogP) is 5.01. The quantitative estimate of drug-likeness (QED) is 0.227. The molecule has 5 rings (SSSR count). The first-order valence-corrected chi connectivity index (χ1v) is 15.9. The Hall–Kier alpha value is -4.72. The molecule has 14 heteroatoms. The Bertz CT molecular complexity index is 1760. The molecule has 0 bridgehead atoms.